The molecule has 0 aromatic carbocycles. The van der Waals surface area contributed by atoms with Gasteiger partial charge in [0.2, 0.25) is 0 Å². The summed E-state index contributed by atoms with van der Waals surface area (Å²) in [6, 6.07) is 0. The molecule has 0 amide bonds. The Hall–Kier alpha value is -0.0800. The molecular formula is C9H22N2. The zero-order valence-electron chi connectivity index (χ0n) is 8.33. The van der Waals surface area contributed by atoms with Crippen LogP contribution >= 0.6 is 0 Å². The van der Waals surface area contributed by atoms with Crippen molar-refractivity contribution in [3.63, 3.8) is 0 Å². The Kier molecular flexibility index (Phi) is 5.51. The van der Waals surface area contributed by atoms with Crippen LogP contribution in [-0.4, -0.2) is 26.2 Å². The van der Waals surface area contributed by atoms with Gasteiger partial charge in [0, 0.05) is 26.2 Å². The van der Waals surface area contributed by atoms with Crippen LogP contribution in [0.1, 0.15) is 27.7 Å². The van der Waals surface area contributed by atoms with Crippen LogP contribution in [0.5, 0.6) is 0 Å². The Balaban J connectivity index is 0.000000461. The molecule has 0 bridgehead atoms. The van der Waals surface area contributed by atoms with Crippen LogP contribution in [0.25, 0.3) is 0 Å². The molecule has 2 N–H and O–H groups in total. The minimum atomic E-state index is 0.441. The SMILES string of the molecule is CC.CC1(C)CNCCNC1. The van der Waals surface area contributed by atoms with Gasteiger partial charge in [0.25, 0.3) is 0 Å². The van der Waals surface area contributed by atoms with Crippen molar-refractivity contribution in [3.8, 4) is 0 Å². The van der Waals surface area contributed by atoms with E-state index in [4.69, 9.17) is 0 Å². The molecule has 0 aromatic rings. The highest BCUT2D eigenvalue weighted by Gasteiger charge is 2.18. The number of hydrogen-bond donors (Lipinski definition) is 2. The third kappa shape index (κ3) is 5.22. The fourth-order valence-electron chi connectivity index (χ4n) is 1.09. The summed E-state index contributed by atoms with van der Waals surface area (Å²) in [6.07, 6.45) is 0. The molecule has 1 aliphatic rings. The number of nitrogens with one attached hydrogen (secondary N) is 2. The first-order valence-corrected chi connectivity index (χ1v) is 4.62. The summed E-state index contributed by atoms with van der Waals surface area (Å²) >= 11 is 0. The molecule has 11 heavy (non-hydrogen) atoms. The maximum Gasteiger partial charge on any atom is 0.00769 e. The van der Waals surface area contributed by atoms with Gasteiger partial charge >= 0.3 is 0 Å². The maximum atomic E-state index is 3.38. The Bertz CT molecular complexity index is 79.6. The smallest absolute Gasteiger partial charge is 0.00769 e. The van der Waals surface area contributed by atoms with Crippen molar-refractivity contribution in [2.75, 3.05) is 26.2 Å². The molecule has 2 heteroatoms. The first kappa shape index (κ1) is 10.9. The molecule has 0 atom stereocenters. The van der Waals surface area contributed by atoms with Gasteiger partial charge < -0.3 is 10.6 Å². The lowest BCUT2D eigenvalue weighted by molar-refractivity contribution is 0.356. The van der Waals surface area contributed by atoms with Crippen molar-refractivity contribution in [1.82, 2.24) is 10.6 Å². The van der Waals surface area contributed by atoms with Gasteiger partial charge in [-0.1, -0.05) is 27.7 Å². The molecule has 0 aromatic heterocycles. The van der Waals surface area contributed by atoms with Crippen molar-refractivity contribution in [2.45, 2.75) is 27.7 Å². The van der Waals surface area contributed by atoms with Crippen LogP contribution in [0.15, 0.2) is 0 Å². The number of hydrogen-bond acceptors (Lipinski definition) is 2. The molecule has 68 valence electrons. The predicted octanol–water partition coefficient (Wildman–Crippen LogP) is 1.23. The third-order valence-electron chi connectivity index (χ3n) is 1.69. The lowest BCUT2D eigenvalue weighted by atomic mass is 9.94. The average Bonchev–Trinajstić information content (AvgIpc) is 2.17. The molecular weight excluding hydrogens is 136 g/mol. The normalized spacial score (nSPS) is 22.9. The van der Waals surface area contributed by atoms with Gasteiger partial charge in [0.05, 0.1) is 0 Å². The van der Waals surface area contributed by atoms with Gasteiger partial charge in [-0.05, 0) is 5.41 Å². The fraction of sp³-hybridized carbons (Fsp3) is 1.00. The zero-order chi connectivity index (χ0) is 8.74. The van der Waals surface area contributed by atoms with E-state index in [1.54, 1.807) is 0 Å². The first-order valence-electron chi connectivity index (χ1n) is 4.62. The van der Waals surface area contributed by atoms with Crippen LogP contribution in [-0.2, 0) is 0 Å². The molecule has 0 aliphatic carbocycles. The summed E-state index contributed by atoms with van der Waals surface area (Å²) in [5, 5.41) is 6.75. The standard InChI is InChI=1S/C7H16N2.C2H6/c1-7(2)5-8-3-4-9-6-7;1-2/h8-9H,3-6H2,1-2H3;1-2H3. The van der Waals surface area contributed by atoms with Crippen molar-refractivity contribution in [2.24, 2.45) is 5.41 Å². The average molecular weight is 158 g/mol. The van der Waals surface area contributed by atoms with Gasteiger partial charge in [0.1, 0.15) is 0 Å². The van der Waals surface area contributed by atoms with E-state index in [1.165, 1.54) is 0 Å². The second-order valence-electron chi connectivity index (χ2n) is 3.52. The zero-order valence-corrected chi connectivity index (χ0v) is 8.33. The summed E-state index contributed by atoms with van der Waals surface area (Å²) in [7, 11) is 0. The summed E-state index contributed by atoms with van der Waals surface area (Å²) in [4.78, 5) is 0. The Morgan fingerprint density at radius 3 is 1.64 bits per heavy atom. The molecule has 1 rings (SSSR count). The van der Waals surface area contributed by atoms with Crippen molar-refractivity contribution in [3.05, 3.63) is 0 Å². The highest BCUT2D eigenvalue weighted by Crippen LogP contribution is 2.11. The third-order valence-corrected chi connectivity index (χ3v) is 1.69. The van der Waals surface area contributed by atoms with Gasteiger partial charge in [-0.25, -0.2) is 0 Å². The summed E-state index contributed by atoms with van der Waals surface area (Å²) in [5.41, 5.74) is 0.441. The monoisotopic (exact) mass is 158 g/mol. The second kappa shape index (κ2) is 5.56. The van der Waals surface area contributed by atoms with E-state index in [0.29, 0.717) is 5.41 Å². The molecule has 0 spiro atoms. The largest absolute Gasteiger partial charge is 0.315 e. The molecule has 1 fully saturated rings. The summed E-state index contributed by atoms with van der Waals surface area (Å²) in [6.45, 7) is 13.1. The predicted molar refractivity (Wildman–Crippen MR) is 50.9 cm³/mol. The van der Waals surface area contributed by atoms with Crippen LogP contribution in [0.2, 0.25) is 0 Å². The Labute approximate surface area is 70.8 Å². The van der Waals surface area contributed by atoms with E-state index in [0.717, 1.165) is 26.2 Å². The second-order valence-corrected chi connectivity index (χ2v) is 3.52. The molecule has 1 saturated heterocycles. The van der Waals surface area contributed by atoms with Crippen molar-refractivity contribution in [1.29, 1.82) is 0 Å². The van der Waals surface area contributed by atoms with Crippen molar-refractivity contribution >= 4 is 0 Å². The molecule has 1 aliphatic heterocycles. The van der Waals surface area contributed by atoms with E-state index in [-0.39, 0.29) is 0 Å². The Morgan fingerprint density at radius 1 is 0.909 bits per heavy atom. The quantitative estimate of drug-likeness (QED) is 0.554. The highest BCUT2D eigenvalue weighted by molar-refractivity contribution is 4.77. The highest BCUT2D eigenvalue weighted by atomic mass is 15.0. The van der Waals surface area contributed by atoms with E-state index < -0.39 is 0 Å². The number of rotatable bonds is 0. The van der Waals surface area contributed by atoms with Crippen LogP contribution in [0.4, 0.5) is 0 Å². The van der Waals surface area contributed by atoms with E-state index in [9.17, 15) is 0 Å². The van der Waals surface area contributed by atoms with Gasteiger partial charge in [-0.3, -0.25) is 0 Å². The minimum Gasteiger partial charge on any atom is -0.315 e. The summed E-state index contributed by atoms with van der Waals surface area (Å²) < 4.78 is 0. The molecule has 1 heterocycles. The van der Waals surface area contributed by atoms with Crippen LogP contribution in [0, 0.1) is 5.41 Å². The molecule has 0 unspecified atom stereocenters. The summed E-state index contributed by atoms with van der Waals surface area (Å²) in [5.74, 6) is 0. The molecule has 2 nitrogen and oxygen atoms in total. The van der Waals surface area contributed by atoms with Gasteiger partial charge in [-0.15, -0.1) is 0 Å². The van der Waals surface area contributed by atoms with E-state index in [1.807, 2.05) is 13.8 Å². The fourth-order valence-corrected chi connectivity index (χ4v) is 1.09. The van der Waals surface area contributed by atoms with Crippen molar-refractivity contribution < 1.29 is 0 Å². The lowest BCUT2D eigenvalue weighted by Crippen LogP contribution is -2.31. The van der Waals surface area contributed by atoms with E-state index in [2.05, 4.69) is 24.5 Å². The van der Waals surface area contributed by atoms with Crippen LogP contribution in [0.3, 0.4) is 0 Å². The van der Waals surface area contributed by atoms with E-state index >= 15 is 0 Å². The topological polar surface area (TPSA) is 24.1 Å². The Morgan fingerprint density at radius 2 is 1.27 bits per heavy atom. The lowest BCUT2D eigenvalue weighted by Gasteiger charge is -2.21. The van der Waals surface area contributed by atoms with Crippen LogP contribution < -0.4 is 10.6 Å². The maximum absolute atomic E-state index is 3.38. The first-order chi connectivity index (χ1) is 5.21. The van der Waals surface area contributed by atoms with Gasteiger partial charge in [0.15, 0.2) is 0 Å². The van der Waals surface area contributed by atoms with Gasteiger partial charge in [-0.2, -0.15) is 0 Å². The minimum absolute atomic E-state index is 0.441. The molecule has 0 saturated carbocycles. The molecule has 0 radical (unpaired) electrons.